The van der Waals surface area contributed by atoms with Gasteiger partial charge in [0.25, 0.3) is 0 Å². The molecular formula is C9H9NaO2. The summed E-state index contributed by atoms with van der Waals surface area (Å²) in [4.78, 5) is 10.4. The van der Waals surface area contributed by atoms with E-state index in [2.05, 4.69) is 6.58 Å². The molecule has 1 rings (SSSR count). The smallest absolute Gasteiger partial charge is 1.00 e. The van der Waals surface area contributed by atoms with Crippen LogP contribution in [-0.4, -0.2) is 11.1 Å². The maximum Gasteiger partial charge on any atom is 1.00 e. The fraction of sp³-hybridized carbons (Fsp3) is 0. The van der Waals surface area contributed by atoms with Crippen LogP contribution in [0.1, 0.15) is 17.3 Å². The summed E-state index contributed by atoms with van der Waals surface area (Å²) in [7, 11) is 0. The molecule has 0 radical (unpaired) electrons. The van der Waals surface area contributed by atoms with Crippen LogP contribution < -0.4 is 29.6 Å². The third-order valence-corrected chi connectivity index (χ3v) is 1.39. The van der Waals surface area contributed by atoms with E-state index in [-0.39, 0.29) is 31.0 Å². The Bertz CT molecular complexity index is 282. The van der Waals surface area contributed by atoms with Gasteiger partial charge in [-0.3, -0.25) is 0 Å². The van der Waals surface area contributed by atoms with Gasteiger partial charge in [0.1, 0.15) is 0 Å². The molecular weight excluding hydrogens is 163 g/mol. The molecule has 3 heteroatoms. The summed E-state index contributed by atoms with van der Waals surface area (Å²) >= 11 is 0. The standard InChI is InChI=1S/C9H8O2.Na.H/c1-2-7-3-5-8(6-4-7)9(10)11;;/h2-6H,1H2,(H,10,11);;/q;+1;-1. The summed E-state index contributed by atoms with van der Waals surface area (Å²) in [5.41, 5.74) is 1.23. The van der Waals surface area contributed by atoms with Gasteiger partial charge in [0, 0.05) is 0 Å². The maximum atomic E-state index is 10.4. The SMILES string of the molecule is C=Cc1ccc(C(=O)O)cc1.[H-].[Na+]. The number of hydrogen-bond donors (Lipinski definition) is 1. The fourth-order valence-electron chi connectivity index (χ4n) is 0.762. The number of aromatic carboxylic acids is 1. The normalized spacial score (nSPS) is 8.33. The van der Waals surface area contributed by atoms with Crippen LogP contribution in [0.3, 0.4) is 0 Å². The van der Waals surface area contributed by atoms with E-state index in [0.29, 0.717) is 5.56 Å². The van der Waals surface area contributed by atoms with Crippen molar-refractivity contribution in [2.45, 2.75) is 0 Å². The predicted octanol–water partition coefficient (Wildman–Crippen LogP) is -0.856. The minimum atomic E-state index is -0.902. The van der Waals surface area contributed by atoms with Gasteiger partial charge >= 0.3 is 35.5 Å². The summed E-state index contributed by atoms with van der Waals surface area (Å²) in [5.74, 6) is -0.902. The van der Waals surface area contributed by atoms with Gasteiger partial charge in [-0.25, -0.2) is 4.79 Å². The second-order valence-corrected chi connectivity index (χ2v) is 2.13. The van der Waals surface area contributed by atoms with Crippen molar-refractivity contribution in [1.82, 2.24) is 0 Å². The van der Waals surface area contributed by atoms with Gasteiger partial charge in [0.05, 0.1) is 5.56 Å². The van der Waals surface area contributed by atoms with E-state index >= 15 is 0 Å². The van der Waals surface area contributed by atoms with Gasteiger partial charge in [-0.05, 0) is 17.7 Å². The molecule has 1 N–H and O–H groups in total. The number of carboxylic acids is 1. The van der Waals surface area contributed by atoms with Crippen LogP contribution in [0.5, 0.6) is 0 Å². The molecule has 0 unspecified atom stereocenters. The summed E-state index contributed by atoms with van der Waals surface area (Å²) in [5, 5.41) is 8.52. The van der Waals surface area contributed by atoms with E-state index in [4.69, 9.17) is 5.11 Å². The van der Waals surface area contributed by atoms with E-state index in [1.807, 2.05) is 0 Å². The first-order valence-electron chi connectivity index (χ1n) is 3.20. The quantitative estimate of drug-likeness (QED) is 0.590. The van der Waals surface area contributed by atoms with Crippen LogP contribution in [0.4, 0.5) is 0 Å². The summed E-state index contributed by atoms with van der Waals surface area (Å²) in [6, 6.07) is 6.55. The Morgan fingerprint density at radius 2 is 1.92 bits per heavy atom. The molecule has 0 saturated heterocycles. The van der Waals surface area contributed by atoms with Crippen molar-refractivity contribution in [1.29, 1.82) is 0 Å². The van der Waals surface area contributed by atoms with Crippen molar-refractivity contribution in [3.8, 4) is 0 Å². The molecule has 1 aromatic rings. The molecule has 0 aliphatic heterocycles. The summed E-state index contributed by atoms with van der Waals surface area (Å²) in [6.45, 7) is 3.56. The molecule has 58 valence electrons. The number of carbonyl (C=O) groups is 1. The predicted molar refractivity (Wildman–Crippen MR) is 44.6 cm³/mol. The first-order valence-corrected chi connectivity index (χ1v) is 3.20. The van der Waals surface area contributed by atoms with E-state index in [1.165, 1.54) is 0 Å². The van der Waals surface area contributed by atoms with Gasteiger partial charge in [-0.2, -0.15) is 0 Å². The average molecular weight is 172 g/mol. The molecule has 1 aromatic carbocycles. The zero-order valence-corrected chi connectivity index (χ0v) is 8.95. The molecule has 0 aliphatic carbocycles. The van der Waals surface area contributed by atoms with E-state index in [0.717, 1.165) is 5.56 Å². The molecule has 0 fully saturated rings. The van der Waals surface area contributed by atoms with Crippen molar-refractivity contribution in [2.24, 2.45) is 0 Å². The molecule has 0 saturated carbocycles. The van der Waals surface area contributed by atoms with Crippen LogP contribution in [0.2, 0.25) is 0 Å². The average Bonchev–Trinajstić information content (AvgIpc) is 2.05. The second-order valence-electron chi connectivity index (χ2n) is 2.13. The first-order chi connectivity index (χ1) is 5.24. The van der Waals surface area contributed by atoms with Gasteiger partial charge in [-0.15, -0.1) is 0 Å². The topological polar surface area (TPSA) is 37.3 Å². The van der Waals surface area contributed by atoms with Crippen molar-refractivity contribution in [3.05, 3.63) is 42.0 Å². The maximum absolute atomic E-state index is 10.4. The molecule has 0 aromatic heterocycles. The third kappa shape index (κ3) is 2.81. The molecule has 0 atom stereocenters. The van der Waals surface area contributed by atoms with E-state index < -0.39 is 5.97 Å². The van der Waals surface area contributed by atoms with Crippen molar-refractivity contribution in [2.75, 3.05) is 0 Å². The molecule has 0 amide bonds. The van der Waals surface area contributed by atoms with Crippen LogP contribution in [0.25, 0.3) is 6.08 Å². The Labute approximate surface area is 94.7 Å². The van der Waals surface area contributed by atoms with Crippen molar-refractivity contribution >= 4 is 12.0 Å². The molecule has 12 heavy (non-hydrogen) atoms. The van der Waals surface area contributed by atoms with Crippen LogP contribution in [0, 0.1) is 0 Å². The minimum Gasteiger partial charge on any atom is -1.00 e. The number of benzene rings is 1. The first kappa shape index (κ1) is 11.4. The molecule has 0 heterocycles. The number of carboxylic acid groups (broad SMARTS) is 1. The molecule has 0 bridgehead atoms. The number of hydrogen-bond acceptors (Lipinski definition) is 1. The Morgan fingerprint density at radius 1 is 1.42 bits per heavy atom. The van der Waals surface area contributed by atoms with Gasteiger partial charge in [0.2, 0.25) is 0 Å². The third-order valence-electron chi connectivity index (χ3n) is 1.39. The minimum absolute atomic E-state index is 0. The zero-order chi connectivity index (χ0) is 8.27. The fourth-order valence-corrected chi connectivity index (χ4v) is 0.762. The summed E-state index contributed by atoms with van der Waals surface area (Å²) < 4.78 is 0. The van der Waals surface area contributed by atoms with E-state index in [9.17, 15) is 4.79 Å². The van der Waals surface area contributed by atoms with Crippen LogP contribution in [0.15, 0.2) is 30.8 Å². The second kappa shape index (κ2) is 5.14. The Kier molecular flexibility index (Phi) is 4.90. The summed E-state index contributed by atoms with van der Waals surface area (Å²) in [6.07, 6.45) is 1.67. The molecule has 0 aliphatic rings. The molecule has 0 spiro atoms. The Morgan fingerprint density at radius 3 is 2.25 bits per heavy atom. The van der Waals surface area contributed by atoms with Crippen LogP contribution in [-0.2, 0) is 0 Å². The largest absolute Gasteiger partial charge is 1.00 e. The zero-order valence-electron chi connectivity index (χ0n) is 7.95. The van der Waals surface area contributed by atoms with E-state index in [1.54, 1.807) is 30.3 Å². The Balaban J connectivity index is 0. The van der Waals surface area contributed by atoms with Crippen molar-refractivity contribution in [3.63, 3.8) is 0 Å². The van der Waals surface area contributed by atoms with Gasteiger partial charge in [-0.1, -0.05) is 24.8 Å². The number of rotatable bonds is 2. The monoisotopic (exact) mass is 172 g/mol. The van der Waals surface area contributed by atoms with Gasteiger partial charge < -0.3 is 6.53 Å². The van der Waals surface area contributed by atoms with Crippen molar-refractivity contribution < 1.29 is 40.9 Å². The molecule has 2 nitrogen and oxygen atoms in total. The van der Waals surface area contributed by atoms with Gasteiger partial charge in [0.15, 0.2) is 0 Å². The van der Waals surface area contributed by atoms with Crippen LogP contribution >= 0.6 is 0 Å². The Hall–Kier alpha value is -0.570.